The molecule has 3 heteroatoms. The van der Waals surface area contributed by atoms with Gasteiger partial charge in [0.25, 0.3) is 0 Å². The van der Waals surface area contributed by atoms with Crippen molar-refractivity contribution in [1.82, 2.24) is 0 Å². The van der Waals surface area contributed by atoms with Gasteiger partial charge >= 0.3 is 0 Å². The zero-order chi connectivity index (χ0) is 12.0. The summed E-state index contributed by atoms with van der Waals surface area (Å²) in [4.78, 5) is 12.0. The van der Waals surface area contributed by atoms with Crippen LogP contribution in [0.25, 0.3) is 11.1 Å². The summed E-state index contributed by atoms with van der Waals surface area (Å²) in [6.45, 7) is 0. The predicted molar refractivity (Wildman–Crippen MR) is 75.3 cm³/mol. The molecule has 2 aromatic carbocycles. The van der Waals surface area contributed by atoms with Crippen molar-refractivity contribution in [2.75, 3.05) is 0 Å². The Labute approximate surface area is 116 Å². The van der Waals surface area contributed by atoms with E-state index in [1.54, 1.807) is 0 Å². The third-order valence-corrected chi connectivity index (χ3v) is 3.98. The number of fused-ring (bicyclic) bond motifs is 3. The summed E-state index contributed by atoms with van der Waals surface area (Å²) in [5.74, 6) is 0.197. The highest BCUT2D eigenvalue weighted by Gasteiger charge is 2.22. The standard InChI is InChI=1S/C14H8Br2O/c15-9-2-1-8-5-14(17)11-4-3-10(16)7-13(11)12(8)6-9/h1-4,6-7H,5H2. The van der Waals surface area contributed by atoms with Gasteiger partial charge in [0.15, 0.2) is 5.78 Å². The highest BCUT2D eigenvalue weighted by atomic mass is 79.9. The molecule has 2 aromatic rings. The summed E-state index contributed by atoms with van der Waals surface area (Å²) in [5.41, 5.74) is 4.09. The fourth-order valence-electron chi connectivity index (χ4n) is 2.20. The van der Waals surface area contributed by atoms with Crippen molar-refractivity contribution in [2.24, 2.45) is 0 Å². The summed E-state index contributed by atoms with van der Waals surface area (Å²) in [7, 11) is 0. The molecule has 0 atom stereocenters. The summed E-state index contributed by atoms with van der Waals surface area (Å²) in [5, 5.41) is 0. The van der Waals surface area contributed by atoms with Gasteiger partial charge in [-0.25, -0.2) is 0 Å². The lowest BCUT2D eigenvalue weighted by Crippen LogP contribution is -2.12. The zero-order valence-corrected chi connectivity index (χ0v) is 12.0. The van der Waals surface area contributed by atoms with Gasteiger partial charge in [0.1, 0.15) is 0 Å². The monoisotopic (exact) mass is 350 g/mol. The molecule has 1 aliphatic rings. The van der Waals surface area contributed by atoms with Crippen molar-refractivity contribution >= 4 is 37.6 Å². The van der Waals surface area contributed by atoms with Crippen LogP contribution in [0, 0.1) is 0 Å². The summed E-state index contributed by atoms with van der Waals surface area (Å²) < 4.78 is 2.04. The third kappa shape index (κ3) is 1.87. The lowest BCUT2D eigenvalue weighted by atomic mass is 9.85. The van der Waals surface area contributed by atoms with Gasteiger partial charge in [-0.1, -0.05) is 37.9 Å². The quantitative estimate of drug-likeness (QED) is 0.677. The molecule has 0 unspecified atom stereocenters. The van der Waals surface area contributed by atoms with Crippen molar-refractivity contribution in [3.05, 3.63) is 56.5 Å². The maximum atomic E-state index is 12.0. The number of hydrogen-bond acceptors (Lipinski definition) is 1. The number of rotatable bonds is 0. The molecule has 0 spiro atoms. The fourth-order valence-corrected chi connectivity index (χ4v) is 2.93. The molecule has 0 heterocycles. The molecular weight excluding hydrogens is 344 g/mol. The van der Waals surface area contributed by atoms with Gasteiger partial charge in [0.2, 0.25) is 0 Å². The van der Waals surface area contributed by atoms with Crippen molar-refractivity contribution in [2.45, 2.75) is 6.42 Å². The van der Waals surface area contributed by atoms with Crippen LogP contribution < -0.4 is 0 Å². The molecule has 0 aromatic heterocycles. The SMILES string of the molecule is O=C1Cc2ccc(Br)cc2-c2cc(Br)ccc21. The highest BCUT2D eigenvalue weighted by Crippen LogP contribution is 2.36. The maximum Gasteiger partial charge on any atom is 0.167 e. The van der Waals surface area contributed by atoms with E-state index in [1.807, 2.05) is 30.3 Å². The molecule has 3 rings (SSSR count). The summed E-state index contributed by atoms with van der Waals surface area (Å²) in [6.07, 6.45) is 0.497. The van der Waals surface area contributed by atoms with Crippen LogP contribution in [0.15, 0.2) is 45.3 Å². The lowest BCUT2D eigenvalue weighted by Gasteiger charge is -2.19. The van der Waals surface area contributed by atoms with Crippen molar-refractivity contribution in [3.8, 4) is 11.1 Å². The van der Waals surface area contributed by atoms with Crippen LogP contribution in [0.4, 0.5) is 0 Å². The second-order valence-corrected chi connectivity index (χ2v) is 5.92. The number of halogens is 2. The first-order chi connectivity index (χ1) is 8.15. The minimum Gasteiger partial charge on any atom is -0.294 e. The highest BCUT2D eigenvalue weighted by molar-refractivity contribution is 9.10. The molecule has 0 saturated heterocycles. The van der Waals surface area contributed by atoms with E-state index in [0.29, 0.717) is 6.42 Å². The second kappa shape index (κ2) is 4.07. The summed E-state index contributed by atoms with van der Waals surface area (Å²) in [6, 6.07) is 11.9. The molecule has 0 aliphatic heterocycles. The Morgan fingerprint density at radius 1 is 0.824 bits per heavy atom. The van der Waals surface area contributed by atoms with Crippen LogP contribution in [0.1, 0.15) is 15.9 Å². The number of Topliss-reactive ketones (excluding diaryl/α,β-unsaturated/α-hetero) is 1. The van der Waals surface area contributed by atoms with Crippen LogP contribution >= 0.6 is 31.9 Å². The molecule has 0 N–H and O–H groups in total. The fraction of sp³-hybridized carbons (Fsp3) is 0.0714. The van der Waals surface area contributed by atoms with Gasteiger partial charge in [0, 0.05) is 20.9 Å². The minimum atomic E-state index is 0.197. The average Bonchev–Trinajstić information content (AvgIpc) is 2.30. The van der Waals surface area contributed by atoms with Crippen LogP contribution in [0.3, 0.4) is 0 Å². The van der Waals surface area contributed by atoms with Gasteiger partial charge in [-0.05, 0) is 47.0 Å². The van der Waals surface area contributed by atoms with E-state index in [2.05, 4.69) is 37.9 Å². The normalized spacial score (nSPS) is 13.2. The number of benzene rings is 2. The van der Waals surface area contributed by atoms with Crippen LogP contribution in [0.2, 0.25) is 0 Å². The first-order valence-electron chi connectivity index (χ1n) is 5.27. The van der Waals surface area contributed by atoms with Gasteiger partial charge < -0.3 is 0 Å². The Morgan fingerprint density at radius 2 is 1.47 bits per heavy atom. The van der Waals surface area contributed by atoms with Crippen molar-refractivity contribution in [3.63, 3.8) is 0 Å². The number of carbonyl (C=O) groups is 1. The molecule has 17 heavy (non-hydrogen) atoms. The smallest absolute Gasteiger partial charge is 0.167 e. The number of carbonyl (C=O) groups excluding carboxylic acids is 1. The van der Waals surface area contributed by atoms with Gasteiger partial charge in [-0.15, -0.1) is 0 Å². The molecule has 0 fully saturated rings. The van der Waals surface area contributed by atoms with Gasteiger partial charge in [0.05, 0.1) is 0 Å². The summed E-state index contributed by atoms with van der Waals surface area (Å²) >= 11 is 6.94. The Bertz CT molecular complexity index is 632. The Kier molecular flexibility index (Phi) is 2.68. The van der Waals surface area contributed by atoms with E-state index in [1.165, 1.54) is 0 Å². The van der Waals surface area contributed by atoms with Gasteiger partial charge in [-0.2, -0.15) is 0 Å². The molecule has 0 radical (unpaired) electrons. The number of hydrogen-bond donors (Lipinski definition) is 0. The largest absolute Gasteiger partial charge is 0.294 e. The third-order valence-electron chi connectivity index (χ3n) is 3.00. The van der Waals surface area contributed by atoms with Crippen molar-refractivity contribution < 1.29 is 4.79 Å². The maximum absolute atomic E-state index is 12.0. The van der Waals surface area contributed by atoms with E-state index in [0.717, 1.165) is 31.2 Å². The van der Waals surface area contributed by atoms with E-state index in [4.69, 9.17) is 0 Å². The molecule has 0 bridgehead atoms. The number of ketones is 1. The van der Waals surface area contributed by atoms with Crippen LogP contribution in [-0.4, -0.2) is 5.78 Å². The average molecular weight is 352 g/mol. The zero-order valence-electron chi connectivity index (χ0n) is 8.84. The van der Waals surface area contributed by atoms with E-state index < -0.39 is 0 Å². The molecule has 1 aliphatic carbocycles. The molecular formula is C14H8Br2O. The van der Waals surface area contributed by atoms with E-state index in [9.17, 15) is 4.79 Å². The lowest BCUT2D eigenvalue weighted by molar-refractivity contribution is 0.0992. The van der Waals surface area contributed by atoms with E-state index >= 15 is 0 Å². The molecule has 84 valence electrons. The molecule has 0 amide bonds. The minimum absolute atomic E-state index is 0.197. The predicted octanol–water partition coefficient (Wildman–Crippen LogP) is 4.62. The van der Waals surface area contributed by atoms with Crippen molar-refractivity contribution in [1.29, 1.82) is 0 Å². The van der Waals surface area contributed by atoms with Crippen LogP contribution in [0.5, 0.6) is 0 Å². The molecule has 1 nitrogen and oxygen atoms in total. The Hall–Kier alpha value is -0.930. The topological polar surface area (TPSA) is 17.1 Å². The first-order valence-corrected chi connectivity index (χ1v) is 6.85. The molecule has 0 saturated carbocycles. The Balaban J connectivity index is 2.34. The van der Waals surface area contributed by atoms with Gasteiger partial charge in [-0.3, -0.25) is 4.79 Å². The Morgan fingerprint density at radius 3 is 2.24 bits per heavy atom. The van der Waals surface area contributed by atoms with E-state index in [-0.39, 0.29) is 5.78 Å². The second-order valence-electron chi connectivity index (χ2n) is 4.09. The van der Waals surface area contributed by atoms with Crippen LogP contribution in [-0.2, 0) is 6.42 Å². The first kappa shape index (κ1) is 11.2.